The maximum Gasteiger partial charge on any atom is 0.220 e. The summed E-state index contributed by atoms with van der Waals surface area (Å²) >= 11 is 0. The van der Waals surface area contributed by atoms with Gasteiger partial charge in [-0.25, -0.2) is 0 Å². The van der Waals surface area contributed by atoms with E-state index in [2.05, 4.69) is 12.2 Å². The van der Waals surface area contributed by atoms with Crippen LogP contribution in [0, 0.1) is 5.92 Å². The molecule has 320 valence electrons. The van der Waals surface area contributed by atoms with Crippen molar-refractivity contribution in [3.05, 3.63) is 35.9 Å². The molecule has 0 saturated heterocycles. The van der Waals surface area contributed by atoms with Crippen LogP contribution in [0.15, 0.2) is 30.3 Å². The van der Waals surface area contributed by atoms with Crippen molar-refractivity contribution in [1.29, 1.82) is 0 Å². The van der Waals surface area contributed by atoms with Crippen molar-refractivity contribution in [3.63, 3.8) is 0 Å². The number of aryl methyl sites for hydroxylation is 1. The summed E-state index contributed by atoms with van der Waals surface area (Å²) in [7, 11) is 0. The largest absolute Gasteiger partial charge is 0.396 e. The number of benzene rings is 1. The van der Waals surface area contributed by atoms with Gasteiger partial charge in [-0.3, -0.25) is 4.79 Å². The smallest absolute Gasteiger partial charge is 0.220 e. The van der Waals surface area contributed by atoms with Gasteiger partial charge < -0.3 is 40.7 Å². The second-order valence-electron chi connectivity index (χ2n) is 16.7. The van der Waals surface area contributed by atoms with Gasteiger partial charge in [0.15, 0.2) is 0 Å². The van der Waals surface area contributed by atoms with E-state index in [0.717, 1.165) is 31.2 Å². The number of carbonyl (C=O) groups is 1. The molecule has 1 saturated carbocycles. The number of hydrogen-bond donors (Lipinski definition) is 7. The molecule has 1 fully saturated rings. The lowest BCUT2D eigenvalue weighted by atomic mass is 9.81. The van der Waals surface area contributed by atoms with E-state index in [1.165, 1.54) is 128 Å². The van der Waals surface area contributed by atoms with Crippen molar-refractivity contribution >= 4 is 5.91 Å². The van der Waals surface area contributed by atoms with E-state index in [9.17, 15) is 35.4 Å². The van der Waals surface area contributed by atoms with E-state index in [1.54, 1.807) is 0 Å². The van der Waals surface area contributed by atoms with Crippen LogP contribution in [0.25, 0.3) is 0 Å². The van der Waals surface area contributed by atoms with Crippen molar-refractivity contribution in [2.75, 3.05) is 13.2 Å². The first-order valence-electron chi connectivity index (χ1n) is 22.7. The Labute approximate surface area is 335 Å². The molecule has 1 aliphatic carbocycles. The number of carbonyl (C=O) groups excluding carboxylic acids is 1. The maximum absolute atomic E-state index is 13.0. The van der Waals surface area contributed by atoms with E-state index in [1.807, 2.05) is 30.3 Å². The first-order chi connectivity index (χ1) is 26.8. The van der Waals surface area contributed by atoms with Crippen molar-refractivity contribution in [3.8, 4) is 0 Å². The number of amides is 1. The Morgan fingerprint density at radius 3 is 1.62 bits per heavy atom. The quantitative estimate of drug-likeness (QED) is 0.0341. The predicted octanol–water partition coefficient (Wildman–Crippen LogP) is 8.08. The summed E-state index contributed by atoms with van der Waals surface area (Å²) in [4.78, 5) is 13.0. The lowest BCUT2D eigenvalue weighted by Gasteiger charge is -2.40. The fraction of sp³-hybridized carbons (Fsp3) is 0.848. The number of aliphatic hydroxyl groups is 6. The van der Waals surface area contributed by atoms with Crippen molar-refractivity contribution in [1.82, 2.24) is 5.32 Å². The zero-order valence-electron chi connectivity index (χ0n) is 34.7. The molecule has 1 amide bonds. The normalized spacial score (nSPS) is 21.7. The summed E-state index contributed by atoms with van der Waals surface area (Å²) in [6.45, 7) is 1.70. The molecule has 9 nitrogen and oxygen atoms in total. The molecular weight excluding hydrogens is 695 g/mol. The van der Waals surface area contributed by atoms with Crippen LogP contribution in [0.4, 0.5) is 0 Å². The number of ether oxygens (including phenoxy) is 1. The van der Waals surface area contributed by atoms with Crippen LogP contribution >= 0.6 is 0 Å². The number of hydrogen-bond acceptors (Lipinski definition) is 8. The summed E-state index contributed by atoms with van der Waals surface area (Å²) in [6.07, 6.45) is 24.8. The summed E-state index contributed by atoms with van der Waals surface area (Å²) < 4.78 is 5.89. The van der Waals surface area contributed by atoms with Gasteiger partial charge in [-0.15, -0.1) is 0 Å². The first-order valence-corrected chi connectivity index (χ1v) is 22.7. The highest BCUT2D eigenvalue weighted by Crippen LogP contribution is 2.28. The Bertz CT molecular complexity index is 1030. The van der Waals surface area contributed by atoms with Crippen LogP contribution in [0.5, 0.6) is 0 Å². The van der Waals surface area contributed by atoms with E-state index in [-0.39, 0.29) is 25.5 Å². The third-order valence-electron chi connectivity index (χ3n) is 11.8. The number of rotatable bonds is 35. The molecule has 0 aliphatic heterocycles. The van der Waals surface area contributed by atoms with Crippen LogP contribution < -0.4 is 5.32 Å². The lowest BCUT2D eigenvalue weighted by molar-refractivity contribution is -0.182. The topological polar surface area (TPSA) is 160 Å². The lowest BCUT2D eigenvalue weighted by Crippen LogP contribution is -2.57. The second kappa shape index (κ2) is 32.4. The highest BCUT2D eigenvalue weighted by molar-refractivity contribution is 5.76. The molecular formula is C46H83NO8. The average molecular weight is 778 g/mol. The van der Waals surface area contributed by atoms with Gasteiger partial charge in [-0.2, -0.15) is 0 Å². The highest BCUT2D eigenvalue weighted by atomic mass is 16.5. The molecule has 0 radical (unpaired) electrons. The summed E-state index contributed by atoms with van der Waals surface area (Å²) in [5.74, 6) is -0.913. The Morgan fingerprint density at radius 1 is 0.673 bits per heavy atom. The molecule has 0 heterocycles. The summed E-state index contributed by atoms with van der Waals surface area (Å²) in [5, 5.41) is 65.4. The maximum atomic E-state index is 13.0. The molecule has 0 bridgehead atoms. The highest BCUT2D eigenvalue weighted by Gasteiger charge is 2.43. The summed E-state index contributed by atoms with van der Waals surface area (Å²) in [5.41, 5.74) is 1.14. The summed E-state index contributed by atoms with van der Waals surface area (Å²) in [6, 6.07) is 8.97. The zero-order valence-corrected chi connectivity index (χ0v) is 34.7. The molecule has 1 aromatic rings. The van der Waals surface area contributed by atoms with Crippen LogP contribution in [0.2, 0.25) is 0 Å². The molecule has 0 unspecified atom stereocenters. The minimum Gasteiger partial charge on any atom is -0.396 e. The Hall–Kier alpha value is -1.59. The predicted molar refractivity (Wildman–Crippen MR) is 223 cm³/mol. The Morgan fingerprint density at radius 2 is 1.15 bits per heavy atom. The molecule has 0 spiro atoms. The van der Waals surface area contributed by atoms with E-state index < -0.39 is 48.6 Å². The average Bonchev–Trinajstić information content (AvgIpc) is 3.19. The van der Waals surface area contributed by atoms with Crippen LogP contribution in [0.3, 0.4) is 0 Å². The minimum atomic E-state index is -1.49. The molecule has 1 aromatic carbocycles. The van der Waals surface area contributed by atoms with Crippen LogP contribution in [-0.2, 0) is 16.0 Å². The molecule has 7 N–H and O–H groups in total. The molecule has 1 aliphatic rings. The third-order valence-corrected chi connectivity index (χ3v) is 11.8. The standard InChI is InChI=1S/C46H83NO8/c1-2-3-4-5-6-7-8-9-10-11-12-13-14-15-16-17-18-19-20-21-22-23-27-33-42(50)47-39(36-55-41-34-38(35-48)43(51)46(54)45(41)53)44(52)40(49)32-28-31-37-29-25-24-26-30-37/h24-26,29-30,38-41,43-46,48-49,51-54H,2-23,27-28,31-36H2,1H3,(H,47,50)/t38-,39+,40-,41+,43+,44+,45+,46+/m1/s1. The van der Waals surface area contributed by atoms with Gasteiger partial charge in [-0.05, 0) is 37.7 Å². The molecule has 9 heteroatoms. The van der Waals surface area contributed by atoms with Gasteiger partial charge in [0, 0.05) is 18.9 Å². The SMILES string of the molecule is CCCCCCCCCCCCCCCCCCCCCCCCCC(=O)N[C@@H](CO[C@H]1C[C@H](CO)[C@H](O)[C@H](O)[C@H]1O)[C@H](O)[C@H](O)CCCc1ccccc1. The van der Waals surface area contributed by atoms with Crippen molar-refractivity contribution < 1.29 is 40.2 Å². The van der Waals surface area contributed by atoms with Gasteiger partial charge in [0.2, 0.25) is 5.91 Å². The minimum absolute atomic E-state index is 0.103. The van der Waals surface area contributed by atoms with Gasteiger partial charge in [0.05, 0.1) is 31.0 Å². The molecule has 55 heavy (non-hydrogen) atoms. The van der Waals surface area contributed by atoms with E-state index in [4.69, 9.17) is 4.74 Å². The number of aliphatic hydroxyl groups excluding tert-OH is 6. The van der Waals surface area contributed by atoms with E-state index >= 15 is 0 Å². The molecule has 8 atom stereocenters. The van der Waals surface area contributed by atoms with Gasteiger partial charge >= 0.3 is 0 Å². The third kappa shape index (κ3) is 22.8. The Balaban J connectivity index is 1.57. The monoisotopic (exact) mass is 778 g/mol. The van der Waals surface area contributed by atoms with Crippen molar-refractivity contribution in [2.45, 2.75) is 229 Å². The van der Waals surface area contributed by atoms with E-state index in [0.29, 0.717) is 19.3 Å². The van der Waals surface area contributed by atoms with Crippen molar-refractivity contribution in [2.24, 2.45) is 5.92 Å². The molecule has 0 aromatic heterocycles. The fourth-order valence-corrected chi connectivity index (χ4v) is 8.03. The van der Waals surface area contributed by atoms with Gasteiger partial charge in [-0.1, -0.05) is 179 Å². The fourth-order valence-electron chi connectivity index (χ4n) is 8.03. The Kier molecular flexibility index (Phi) is 29.2. The molecule has 2 rings (SSSR count). The first kappa shape index (κ1) is 49.6. The van der Waals surface area contributed by atoms with Crippen LogP contribution in [-0.4, -0.2) is 92.4 Å². The number of nitrogens with one attached hydrogen (secondary N) is 1. The zero-order chi connectivity index (χ0) is 39.9. The van der Waals surface area contributed by atoms with Crippen LogP contribution in [0.1, 0.15) is 186 Å². The number of unbranched alkanes of at least 4 members (excludes halogenated alkanes) is 22. The van der Waals surface area contributed by atoms with Gasteiger partial charge in [0.1, 0.15) is 18.3 Å². The van der Waals surface area contributed by atoms with Gasteiger partial charge in [0.25, 0.3) is 0 Å². The second-order valence-corrected chi connectivity index (χ2v) is 16.7.